The predicted molar refractivity (Wildman–Crippen MR) is 49.1 cm³/mol. The average molecular weight is 158 g/mol. The molecule has 2 heteroatoms. The van der Waals surface area contributed by atoms with E-state index in [1.807, 2.05) is 19.2 Å². The highest BCUT2D eigenvalue weighted by molar-refractivity contribution is 4.74. The number of hydrogen-bond acceptors (Lipinski definition) is 1. The van der Waals surface area contributed by atoms with Crippen molar-refractivity contribution in [2.75, 3.05) is 20.1 Å². The molecule has 1 rings (SSSR count). The van der Waals surface area contributed by atoms with Crippen molar-refractivity contribution in [1.29, 1.82) is 0 Å². The third-order valence-corrected chi connectivity index (χ3v) is 2.11. The van der Waals surface area contributed by atoms with Crippen LogP contribution < -0.4 is 5.32 Å². The van der Waals surface area contributed by atoms with Gasteiger partial charge in [0.25, 0.3) is 0 Å². The van der Waals surface area contributed by atoms with Crippen LogP contribution in [0.3, 0.4) is 0 Å². The van der Waals surface area contributed by atoms with E-state index in [-0.39, 0.29) is 0 Å². The Morgan fingerprint density at radius 2 is 2.18 bits per heavy atom. The molecule has 68 valence electrons. The van der Waals surface area contributed by atoms with E-state index < -0.39 is 0 Å². The number of likely N-dealkylation sites (N-methyl/N-ethyl adjacent to an activating group) is 1. The zero-order valence-corrected chi connectivity index (χ0v) is 8.14. The summed E-state index contributed by atoms with van der Waals surface area (Å²) in [6, 6.07) is 0.794. The van der Waals surface area contributed by atoms with E-state index in [9.17, 15) is 0 Å². The molecule has 2 nitrogen and oxygen atoms in total. The van der Waals surface area contributed by atoms with Gasteiger partial charge in [0, 0.05) is 0 Å². The first-order chi connectivity index (χ1) is 5.34. The molecule has 2 N–H and O–H groups in total. The van der Waals surface area contributed by atoms with Crippen LogP contribution in [0.15, 0.2) is 0 Å². The second-order valence-corrected chi connectivity index (χ2v) is 2.80. The summed E-state index contributed by atoms with van der Waals surface area (Å²) < 4.78 is 0. The van der Waals surface area contributed by atoms with E-state index in [1.54, 1.807) is 0 Å². The monoisotopic (exact) mass is 158 g/mol. The molecule has 0 spiro atoms. The summed E-state index contributed by atoms with van der Waals surface area (Å²) in [5.74, 6) is 0. The van der Waals surface area contributed by atoms with Gasteiger partial charge in [-0.1, -0.05) is 13.8 Å². The molecule has 0 aromatic rings. The van der Waals surface area contributed by atoms with E-state index in [2.05, 4.69) is 19.0 Å². The molecule has 1 fully saturated rings. The van der Waals surface area contributed by atoms with Crippen molar-refractivity contribution in [1.82, 2.24) is 4.90 Å². The predicted octanol–water partition coefficient (Wildman–Crippen LogP) is 0.462. The van der Waals surface area contributed by atoms with Gasteiger partial charge in [-0.25, -0.2) is 0 Å². The van der Waals surface area contributed by atoms with E-state index in [0.717, 1.165) is 12.6 Å². The number of rotatable bonds is 2. The molecule has 0 amide bonds. The topological polar surface area (TPSA) is 19.9 Å². The summed E-state index contributed by atoms with van der Waals surface area (Å²) in [7, 11) is 5.93. The highest BCUT2D eigenvalue weighted by Crippen LogP contribution is 2.11. The Bertz CT molecular complexity index is 83.6. The van der Waals surface area contributed by atoms with Crippen LogP contribution >= 0.6 is 0 Å². The zero-order valence-electron chi connectivity index (χ0n) is 8.14. The van der Waals surface area contributed by atoms with Crippen LogP contribution in [-0.2, 0) is 0 Å². The number of quaternary nitrogens is 1. The van der Waals surface area contributed by atoms with E-state index in [0.29, 0.717) is 0 Å². The Kier molecular flexibility index (Phi) is 6.57. The standard InChI is InChI=1S/C7H16N2.C2H6/c1-8-6-7-4-3-5-9(7)2;1-2/h7H,1,3-6,8H2,2H3;1-2H3. The van der Waals surface area contributed by atoms with Crippen molar-refractivity contribution in [2.24, 2.45) is 0 Å². The maximum Gasteiger partial charge on any atom is 0.0673 e. The molecule has 11 heavy (non-hydrogen) atoms. The number of nitrogens with zero attached hydrogens (tertiary/aromatic N) is 1. The van der Waals surface area contributed by atoms with Gasteiger partial charge in [-0.2, -0.15) is 7.05 Å². The normalized spacial score (nSPS) is 24.5. The van der Waals surface area contributed by atoms with Gasteiger partial charge in [0.05, 0.1) is 12.6 Å². The minimum Gasteiger partial charge on any atom is -0.478 e. The van der Waals surface area contributed by atoms with Crippen molar-refractivity contribution < 1.29 is 5.32 Å². The number of likely N-dealkylation sites (tertiary alicyclic amines) is 1. The first kappa shape index (κ1) is 10.9. The second kappa shape index (κ2) is 6.62. The minimum atomic E-state index is 0.794. The Labute approximate surface area is 71.0 Å². The van der Waals surface area contributed by atoms with Gasteiger partial charge in [0.15, 0.2) is 0 Å². The molecule has 1 atom stereocenters. The van der Waals surface area contributed by atoms with Crippen molar-refractivity contribution >= 4 is 0 Å². The Balaban J connectivity index is 0.000000461. The van der Waals surface area contributed by atoms with Crippen LogP contribution in [0, 0.1) is 7.05 Å². The van der Waals surface area contributed by atoms with Gasteiger partial charge >= 0.3 is 0 Å². The minimum absolute atomic E-state index is 0.794. The van der Waals surface area contributed by atoms with Crippen molar-refractivity contribution in [2.45, 2.75) is 32.7 Å². The molecule has 0 aliphatic carbocycles. The lowest BCUT2D eigenvalue weighted by Gasteiger charge is -2.17. The Morgan fingerprint density at radius 1 is 1.55 bits per heavy atom. The first-order valence-corrected chi connectivity index (χ1v) is 4.65. The first-order valence-electron chi connectivity index (χ1n) is 4.65. The van der Waals surface area contributed by atoms with Gasteiger partial charge in [0.1, 0.15) is 0 Å². The van der Waals surface area contributed by atoms with Crippen LogP contribution in [0.5, 0.6) is 0 Å². The Hall–Kier alpha value is -0.0800. The zero-order chi connectivity index (χ0) is 8.69. The highest BCUT2D eigenvalue weighted by Gasteiger charge is 2.20. The summed E-state index contributed by atoms with van der Waals surface area (Å²) in [5.41, 5.74) is 0. The fraction of sp³-hybridized carbons (Fsp3) is 0.889. The second-order valence-electron chi connectivity index (χ2n) is 2.80. The van der Waals surface area contributed by atoms with E-state index in [4.69, 9.17) is 0 Å². The molecule has 0 aromatic carbocycles. The highest BCUT2D eigenvalue weighted by atomic mass is 15.2. The van der Waals surface area contributed by atoms with Crippen LogP contribution in [0.4, 0.5) is 0 Å². The van der Waals surface area contributed by atoms with Gasteiger partial charge < -0.3 is 5.32 Å². The molecule has 1 heterocycles. The van der Waals surface area contributed by atoms with Crippen LogP contribution in [0.2, 0.25) is 0 Å². The van der Waals surface area contributed by atoms with Gasteiger partial charge in [-0.3, -0.25) is 4.90 Å². The smallest absolute Gasteiger partial charge is 0.0673 e. The third kappa shape index (κ3) is 3.73. The maximum atomic E-state index is 3.73. The largest absolute Gasteiger partial charge is 0.478 e. The molecule has 1 aliphatic heterocycles. The summed E-state index contributed by atoms with van der Waals surface area (Å²) in [6.07, 6.45) is 2.73. The summed E-state index contributed by atoms with van der Waals surface area (Å²) in [4.78, 5) is 2.42. The fourth-order valence-electron chi connectivity index (χ4n) is 1.47. The van der Waals surface area contributed by atoms with Crippen molar-refractivity contribution in [3.63, 3.8) is 0 Å². The number of hydrogen-bond donors (Lipinski definition) is 1. The molecule has 0 bridgehead atoms. The van der Waals surface area contributed by atoms with Crippen molar-refractivity contribution in [3.8, 4) is 0 Å². The van der Waals surface area contributed by atoms with Crippen LogP contribution in [0.25, 0.3) is 0 Å². The molecule has 1 saturated heterocycles. The molecular weight excluding hydrogens is 136 g/mol. The Morgan fingerprint density at radius 3 is 2.55 bits per heavy atom. The average Bonchev–Trinajstić information content (AvgIpc) is 2.42. The maximum absolute atomic E-state index is 3.73. The summed E-state index contributed by atoms with van der Waals surface area (Å²) in [6.45, 7) is 6.44. The summed E-state index contributed by atoms with van der Waals surface area (Å²) >= 11 is 0. The van der Waals surface area contributed by atoms with E-state index in [1.165, 1.54) is 19.4 Å². The lowest BCUT2D eigenvalue weighted by molar-refractivity contribution is -0.599. The molecule has 0 saturated carbocycles. The van der Waals surface area contributed by atoms with Crippen LogP contribution in [-0.4, -0.2) is 31.1 Å². The SMILES string of the molecule is CC.[CH2-][NH2+]CC1CCCN1C. The molecule has 0 radical (unpaired) electrons. The van der Waals surface area contributed by atoms with Gasteiger partial charge in [-0.15, -0.1) is 0 Å². The molecular formula is C9H22N2. The number of nitrogens with two attached hydrogens (primary N) is 1. The van der Waals surface area contributed by atoms with Crippen LogP contribution in [0.1, 0.15) is 26.7 Å². The quantitative estimate of drug-likeness (QED) is 0.579. The van der Waals surface area contributed by atoms with E-state index >= 15 is 0 Å². The lowest BCUT2D eigenvalue weighted by Crippen LogP contribution is -2.80. The molecule has 0 aromatic heterocycles. The lowest BCUT2D eigenvalue weighted by atomic mass is 10.2. The van der Waals surface area contributed by atoms with Gasteiger partial charge in [0.2, 0.25) is 0 Å². The summed E-state index contributed by atoms with van der Waals surface area (Å²) in [5, 5.41) is 2.02. The molecule has 1 aliphatic rings. The third-order valence-electron chi connectivity index (χ3n) is 2.11. The fourth-order valence-corrected chi connectivity index (χ4v) is 1.47. The van der Waals surface area contributed by atoms with Gasteiger partial charge in [-0.05, 0) is 26.4 Å². The molecule has 1 unspecified atom stereocenters. The van der Waals surface area contributed by atoms with Crippen molar-refractivity contribution in [3.05, 3.63) is 7.05 Å².